The van der Waals surface area contributed by atoms with E-state index < -0.39 is 5.97 Å². The lowest BCUT2D eigenvalue weighted by molar-refractivity contribution is -0.140. The van der Waals surface area contributed by atoms with Crippen LogP contribution in [-0.4, -0.2) is 34.1 Å². The third-order valence-corrected chi connectivity index (χ3v) is 0.494. The average molecular weight is 112 g/mol. The van der Waals surface area contributed by atoms with Gasteiger partial charge in [-0.1, -0.05) is 13.8 Å². The Bertz CT molecular complexity index is 60.7. The molecule has 0 aromatic rings. The Morgan fingerprint density at radius 1 is 1.57 bits per heavy atom. The summed E-state index contributed by atoms with van der Waals surface area (Å²) < 4.78 is 0. The SMILES string of the molecule is CC(C)C(=O)O.[Mg]. The number of carboxylic acid groups (broad SMARTS) is 1. The van der Waals surface area contributed by atoms with Gasteiger partial charge in [0.05, 0.1) is 5.92 Å². The Balaban J connectivity index is 0. The number of carboxylic acids is 1. The maximum Gasteiger partial charge on any atom is 0.305 e. The lowest BCUT2D eigenvalue weighted by Gasteiger charge is -1.89. The first kappa shape index (κ1) is 10.3. The van der Waals surface area contributed by atoms with Gasteiger partial charge in [0.2, 0.25) is 0 Å². The molecule has 0 heterocycles. The predicted molar refractivity (Wildman–Crippen MR) is 28.2 cm³/mol. The van der Waals surface area contributed by atoms with Crippen molar-refractivity contribution in [2.45, 2.75) is 13.8 Å². The Kier molecular flexibility index (Phi) is 6.45. The summed E-state index contributed by atoms with van der Waals surface area (Å²) in [6.45, 7) is 3.28. The van der Waals surface area contributed by atoms with Crippen LogP contribution in [0.15, 0.2) is 0 Å². The maximum atomic E-state index is 9.70. The fourth-order valence-electron chi connectivity index (χ4n) is 0. The number of aliphatic carboxylic acids is 1. The zero-order valence-electron chi connectivity index (χ0n) is 4.64. The van der Waals surface area contributed by atoms with Gasteiger partial charge in [-0.2, -0.15) is 0 Å². The molecule has 0 atom stereocenters. The van der Waals surface area contributed by atoms with E-state index in [2.05, 4.69) is 0 Å². The van der Waals surface area contributed by atoms with Crippen LogP contribution in [0, 0.1) is 5.92 Å². The van der Waals surface area contributed by atoms with Crippen LogP contribution in [0.3, 0.4) is 0 Å². The Morgan fingerprint density at radius 3 is 1.71 bits per heavy atom. The fraction of sp³-hybridized carbons (Fsp3) is 0.750. The standard InChI is InChI=1S/C4H8O2.Mg/c1-3(2)4(5)6;/h3H,1-2H3,(H,5,6);. The average Bonchev–Trinajstić information content (AvgIpc) is 1.36. The van der Waals surface area contributed by atoms with Gasteiger partial charge in [-0.15, -0.1) is 0 Å². The summed E-state index contributed by atoms with van der Waals surface area (Å²) in [5.41, 5.74) is 0. The largest absolute Gasteiger partial charge is 0.481 e. The highest BCUT2D eigenvalue weighted by Crippen LogP contribution is 1.87. The quantitative estimate of drug-likeness (QED) is 0.497. The smallest absolute Gasteiger partial charge is 0.305 e. The van der Waals surface area contributed by atoms with Crippen LogP contribution in [0.4, 0.5) is 0 Å². The second kappa shape index (κ2) is 4.40. The highest BCUT2D eigenvalue weighted by molar-refractivity contribution is 5.75. The minimum atomic E-state index is -0.741. The summed E-state index contributed by atoms with van der Waals surface area (Å²) in [6.07, 6.45) is 0. The van der Waals surface area contributed by atoms with Gasteiger partial charge < -0.3 is 5.11 Å². The molecule has 0 aliphatic carbocycles. The zero-order chi connectivity index (χ0) is 5.15. The highest BCUT2D eigenvalue weighted by atomic mass is 24.3. The van der Waals surface area contributed by atoms with E-state index in [1.807, 2.05) is 0 Å². The lowest BCUT2D eigenvalue weighted by Crippen LogP contribution is -2.03. The van der Waals surface area contributed by atoms with Crippen molar-refractivity contribution >= 4 is 29.0 Å². The molecule has 2 radical (unpaired) electrons. The van der Waals surface area contributed by atoms with Crippen LogP contribution in [-0.2, 0) is 4.79 Å². The van der Waals surface area contributed by atoms with Crippen molar-refractivity contribution in [1.82, 2.24) is 0 Å². The first-order valence-corrected chi connectivity index (χ1v) is 1.87. The van der Waals surface area contributed by atoms with Crippen molar-refractivity contribution in [3.8, 4) is 0 Å². The van der Waals surface area contributed by atoms with E-state index in [1.165, 1.54) is 0 Å². The molecule has 0 fully saturated rings. The second-order valence-electron chi connectivity index (χ2n) is 1.49. The summed E-state index contributed by atoms with van der Waals surface area (Å²) in [5, 5.41) is 7.99. The minimum Gasteiger partial charge on any atom is -0.481 e. The Hall–Kier alpha value is 0.236. The summed E-state index contributed by atoms with van der Waals surface area (Å²) in [6, 6.07) is 0. The molecule has 0 spiro atoms. The van der Waals surface area contributed by atoms with Crippen LogP contribution in [0.25, 0.3) is 0 Å². The molecular weight excluding hydrogens is 104 g/mol. The first-order valence-electron chi connectivity index (χ1n) is 1.87. The van der Waals surface area contributed by atoms with Gasteiger partial charge in [-0.05, 0) is 0 Å². The molecule has 7 heavy (non-hydrogen) atoms. The van der Waals surface area contributed by atoms with Gasteiger partial charge in [0, 0.05) is 23.1 Å². The minimum absolute atomic E-state index is 0. The van der Waals surface area contributed by atoms with E-state index >= 15 is 0 Å². The molecule has 0 amide bonds. The summed E-state index contributed by atoms with van der Waals surface area (Å²) in [7, 11) is 0. The molecule has 0 aliphatic rings. The summed E-state index contributed by atoms with van der Waals surface area (Å²) >= 11 is 0. The molecule has 1 N–H and O–H groups in total. The van der Waals surface area contributed by atoms with Crippen LogP contribution >= 0.6 is 0 Å². The van der Waals surface area contributed by atoms with E-state index in [0.29, 0.717) is 0 Å². The molecular formula is C4H8MgO2. The molecule has 0 aromatic heterocycles. The second-order valence-corrected chi connectivity index (χ2v) is 1.49. The summed E-state index contributed by atoms with van der Waals surface area (Å²) in [4.78, 5) is 9.70. The van der Waals surface area contributed by atoms with Crippen LogP contribution < -0.4 is 0 Å². The number of rotatable bonds is 1. The highest BCUT2D eigenvalue weighted by Gasteiger charge is 1.99. The number of carbonyl (C=O) groups is 1. The maximum absolute atomic E-state index is 9.70. The molecule has 0 aliphatic heterocycles. The number of hydrogen-bond acceptors (Lipinski definition) is 1. The molecule has 0 rings (SSSR count). The topological polar surface area (TPSA) is 37.3 Å². The van der Waals surface area contributed by atoms with Crippen molar-refractivity contribution in [2.75, 3.05) is 0 Å². The van der Waals surface area contributed by atoms with Crippen molar-refractivity contribution in [3.63, 3.8) is 0 Å². The normalized spacial score (nSPS) is 7.86. The molecule has 0 unspecified atom stereocenters. The Labute approximate surface area is 59.1 Å². The van der Waals surface area contributed by atoms with E-state index in [-0.39, 0.29) is 29.0 Å². The molecule has 0 aromatic carbocycles. The van der Waals surface area contributed by atoms with E-state index in [0.717, 1.165) is 0 Å². The van der Waals surface area contributed by atoms with E-state index in [1.54, 1.807) is 13.8 Å². The van der Waals surface area contributed by atoms with Crippen molar-refractivity contribution in [3.05, 3.63) is 0 Å². The van der Waals surface area contributed by atoms with Crippen molar-refractivity contribution in [2.24, 2.45) is 5.92 Å². The summed E-state index contributed by atoms with van der Waals surface area (Å²) in [5.74, 6) is -0.972. The third-order valence-electron chi connectivity index (χ3n) is 0.494. The van der Waals surface area contributed by atoms with Crippen molar-refractivity contribution in [1.29, 1.82) is 0 Å². The van der Waals surface area contributed by atoms with Gasteiger partial charge in [0.1, 0.15) is 0 Å². The molecule has 0 saturated carbocycles. The zero-order valence-corrected chi connectivity index (χ0v) is 6.05. The van der Waals surface area contributed by atoms with Gasteiger partial charge in [-0.25, -0.2) is 0 Å². The monoisotopic (exact) mass is 112 g/mol. The van der Waals surface area contributed by atoms with Crippen LogP contribution in [0.1, 0.15) is 13.8 Å². The van der Waals surface area contributed by atoms with E-state index in [4.69, 9.17) is 5.11 Å². The van der Waals surface area contributed by atoms with Gasteiger partial charge in [-0.3, -0.25) is 4.79 Å². The van der Waals surface area contributed by atoms with E-state index in [9.17, 15) is 4.79 Å². The third kappa shape index (κ3) is 6.24. The molecule has 3 heteroatoms. The predicted octanol–water partition coefficient (Wildman–Crippen LogP) is 0.346. The fourth-order valence-corrected chi connectivity index (χ4v) is 0. The first-order chi connectivity index (χ1) is 2.64. The van der Waals surface area contributed by atoms with Crippen molar-refractivity contribution < 1.29 is 9.90 Å². The van der Waals surface area contributed by atoms with Gasteiger partial charge >= 0.3 is 5.97 Å². The van der Waals surface area contributed by atoms with Crippen LogP contribution in [0.2, 0.25) is 0 Å². The van der Waals surface area contributed by atoms with Gasteiger partial charge in [0.25, 0.3) is 0 Å². The molecule has 0 bridgehead atoms. The molecule has 0 saturated heterocycles. The van der Waals surface area contributed by atoms with Gasteiger partial charge in [0.15, 0.2) is 0 Å². The number of hydrogen-bond donors (Lipinski definition) is 1. The lowest BCUT2D eigenvalue weighted by atomic mass is 10.2. The molecule has 38 valence electrons. The Morgan fingerprint density at radius 2 is 1.71 bits per heavy atom. The van der Waals surface area contributed by atoms with Crippen LogP contribution in [0.5, 0.6) is 0 Å². The molecule has 2 nitrogen and oxygen atoms in total.